The molecule has 0 unspecified atom stereocenters. The number of rotatable bonds is 4. The number of imidazole rings is 1. The lowest BCUT2D eigenvalue weighted by molar-refractivity contribution is 0.414. The Morgan fingerprint density at radius 3 is 2.75 bits per heavy atom. The van der Waals surface area contributed by atoms with Crippen LogP contribution in [0.1, 0.15) is 5.69 Å². The van der Waals surface area contributed by atoms with E-state index in [2.05, 4.69) is 32.6 Å². The Balaban J connectivity index is 1.65. The Labute approximate surface area is 144 Å². The van der Waals surface area contributed by atoms with Crippen molar-refractivity contribution in [3.8, 4) is 17.0 Å². The zero-order chi connectivity index (χ0) is 16.5. The van der Waals surface area contributed by atoms with Crippen LogP contribution in [0.4, 0.5) is 0 Å². The Hall–Kier alpha value is -2.66. The van der Waals surface area contributed by atoms with Crippen LogP contribution in [0.2, 0.25) is 0 Å². The first-order chi connectivity index (χ1) is 11.7. The molecule has 0 radical (unpaired) electrons. The average Bonchev–Trinajstić information content (AvgIpc) is 3.18. The van der Waals surface area contributed by atoms with E-state index in [4.69, 9.17) is 4.74 Å². The lowest BCUT2D eigenvalue weighted by Crippen LogP contribution is -1.86. The topological polar surface area (TPSA) is 42.3 Å². The first-order valence-electron chi connectivity index (χ1n) is 7.69. The number of aromatic nitrogens is 3. The van der Waals surface area contributed by atoms with Crippen molar-refractivity contribution in [3.05, 3.63) is 66.6 Å². The molecular formula is C19H17N3OS. The highest BCUT2D eigenvalue weighted by molar-refractivity contribution is 7.99. The Bertz CT molecular complexity index is 985. The van der Waals surface area contributed by atoms with Gasteiger partial charge in [-0.05, 0) is 49.4 Å². The van der Waals surface area contributed by atoms with Crippen molar-refractivity contribution in [2.45, 2.75) is 16.8 Å². The van der Waals surface area contributed by atoms with Gasteiger partial charge < -0.3 is 9.72 Å². The fourth-order valence-electron chi connectivity index (χ4n) is 2.80. The predicted molar refractivity (Wildman–Crippen MR) is 96.8 cm³/mol. The minimum Gasteiger partial charge on any atom is -0.497 e. The third-order valence-electron chi connectivity index (χ3n) is 3.92. The van der Waals surface area contributed by atoms with Crippen LogP contribution >= 0.6 is 11.8 Å². The van der Waals surface area contributed by atoms with Crippen molar-refractivity contribution < 1.29 is 4.74 Å². The van der Waals surface area contributed by atoms with Crippen molar-refractivity contribution in [1.82, 2.24) is 14.4 Å². The van der Waals surface area contributed by atoms with E-state index in [9.17, 15) is 0 Å². The normalized spacial score (nSPS) is 11.1. The molecule has 4 aromatic rings. The van der Waals surface area contributed by atoms with Crippen LogP contribution in [0.3, 0.4) is 0 Å². The largest absolute Gasteiger partial charge is 0.497 e. The zero-order valence-corrected chi connectivity index (χ0v) is 14.3. The number of aromatic amines is 1. The fourth-order valence-corrected chi connectivity index (χ4v) is 3.63. The van der Waals surface area contributed by atoms with E-state index in [1.807, 2.05) is 49.6 Å². The fraction of sp³-hybridized carbons (Fsp3) is 0.105. The van der Waals surface area contributed by atoms with Gasteiger partial charge in [0.15, 0.2) is 0 Å². The summed E-state index contributed by atoms with van der Waals surface area (Å²) >= 11 is 1.70. The summed E-state index contributed by atoms with van der Waals surface area (Å²) in [7, 11) is 1.68. The summed E-state index contributed by atoms with van der Waals surface area (Å²) in [4.78, 5) is 9.15. The first kappa shape index (κ1) is 14.9. The molecule has 0 spiro atoms. The number of hydrogen-bond donors (Lipinski definition) is 1. The summed E-state index contributed by atoms with van der Waals surface area (Å²) in [5.74, 6) is 0.868. The molecule has 0 saturated heterocycles. The van der Waals surface area contributed by atoms with E-state index in [0.717, 1.165) is 33.4 Å². The molecule has 0 saturated carbocycles. The smallest absolute Gasteiger partial charge is 0.137 e. The third kappa shape index (κ3) is 2.67. The molecule has 4 rings (SSSR count). The number of hydrogen-bond acceptors (Lipinski definition) is 3. The monoisotopic (exact) mass is 335 g/mol. The van der Waals surface area contributed by atoms with Crippen LogP contribution < -0.4 is 4.74 Å². The molecule has 0 aliphatic rings. The molecule has 4 nitrogen and oxygen atoms in total. The van der Waals surface area contributed by atoms with E-state index < -0.39 is 0 Å². The summed E-state index contributed by atoms with van der Waals surface area (Å²) in [5.41, 5.74) is 4.27. The molecule has 3 heterocycles. The zero-order valence-electron chi connectivity index (χ0n) is 13.5. The Morgan fingerprint density at radius 1 is 1.12 bits per heavy atom. The molecule has 3 aromatic heterocycles. The van der Waals surface area contributed by atoms with Crippen LogP contribution in [0.25, 0.3) is 16.9 Å². The van der Waals surface area contributed by atoms with Crippen LogP contribution in [-0.4, -0.2) is 21.5 Å². The van der Waals surface area contributed by atoms with E-state index in [0.29, 0.717) is 0 Å². The van der Waals surface area contributed by atoms with Gasteiger partial charge >= 0.3 is 0 Å². The molecule has 1 N–H and O–H groups in total. The molecule has 0 amide bonds. The molecule has 120 valence electrons. The van der Waals surface area contributed by atoms with Crippen molar-refractivity contribution in [2.75, 3.05) is 7.11 Å². The Morgan fingerprint density at radius 2 is 1.96 bits per heavy atom. The molecule has 0 aliphatic carbocycles. The van der Waals surface area contributed by atoms with Gasteiger partial charge in [0.2, 0.25) is 0 Å². The molecule has 5 heteroatoms. The van der Waals surface area contributed by atoms with Gasteiger partial charge in [-0.1, -0.05) is 17.8 Å². The summed E-state index contributed by atoms with van der Waals surface area (Å²) in [6.07, 6.45) is 4.09. The second-order valence-electron chi connectivity index (χ2n) is 5.50. The quantitative estimate of drug-likeness (QED) is 0.582. The number of pyridine rings is 1. The second kappa shape index (κ2) is 6.09. The highest BCUT2D eigenvalue weighted by Gasteiger charge is 2.12. The maximum atomic E-state index is 5.20. The van der Waals surface area contributed by atoms with Crippen LogP contribution in [0.5, 0.6) is 5.75 Å². The average molecular weight is 335 g/mol. The van der Waals surface area contributed by atoms with E-state index >= 15 is 0 Å². The van der Waals surface area contributed by atoms with E-state index in [1.165, 1.54) is 4.90 Å². The van der Waals surface area contributed by atoms with Gasteiger partial charge in [0, 0.05) is 22.9 Å². The summed E-state index contributed by atoms with van der Waals surface area (Å²) in [6.45, 7) is 2.05. The summed E-state index contributed by atoms with van der Waals surface area (Å²) in [6, 6.07) is 16.3. The lowest BCUT2D eigenvalue weighted by atomic mass is 10.2. The number of aryl methyl sites for hydroxylation is 1. The maximum Gasteiger partial charge on any atom is 0.137 e. The van der Waals surface area contributed by atoms with Gasteiger partial charge in [0.25, 0.3) is 0 Å². The van der Waals surface area contributed by atoms with Gasteiger partial charge in [-0.2, -0.15) is 0 Å². The minimum absolute atomic E-state index is 0.868. The lowest BCUT2D eigenvalue weighted by Gasteiger charge is -2.02. The van der Waals surface area contributed by atoms with Crippen molar-refractivity contribution in [3.63, 3.8) is 0 Å². The van der Waals surface area contributed by atoms with Crippen molar-refractivity contribution in [1.29, 1.82) is 0 Å². The van der Waals surface area contributed by atoms with Crippen LogP contribution in [0.15, 0.2) is 70.8 Å². The number of ether oxygens (including phenoxy) is 1. The maximum absolute atomic E-state index is 5.20. The van der Waals surface area contributed by atoms with Crippen LogP contribution in [0, 0.1) is 6.92 Å². The number of nitrogens with one attached hydrogen (secondary N) is 1. The SMILES string of the molecule is COc1ccc(Sc2cc(-c3c(C)nc4ccccn34)c[nH]2)cc1. The number of H-pyrrole nitrogens is 1. The highest BCUT2D eigenvalue weighted by atomic mass is 32.2. The molecule has 24 heavy (non-hydrogen) atoms. The predicted octanol–water partition coefficient (Wildman–Crippen LogP) is 4.80. The summed E-state index contributed by atoms with van der Waals surface area (Å²) in [5, 5.41) is 1.10. The van der Waals surface area contributed by atoms with Gasteiger partial charge in [-0.15, -0.1) is 0 Å². The van der Waals surface area contributed by atoms with E-state index in [1.54, 1.807) is 18.9 Å². The minimum atomic E-state index is 0.868. The van der Waals surface area contributed by atoms with Crippen LogP contribution in [-0.2, 0) is 0 Å². The molecule has 0 atom stereocenters. The number of benzene rings is 1. The van der Waals surface area contributed by atoms with E-state index in [-0.39, 0.29) is 0 Å². The molecular weight excluding hydrogens is 318 g/mol. The first-order valence-corrected chi connectivity index (χ1v) is 8.50. The van der Waals surface area contributed by atoms with Gasteiger partial charge in [-0.3, -0.25) is 4.40 Å². The molecule has 0 bridgehead atoms. The number of fused-ring (bicyclic) bond motifs is 1. The summed E-state index contributed by atoms with van der Waals surface area (Å²) < 4.78 is 7.33. The third-order valence-corrected chi connectivity index (χ3v) is 4.88. The molecule has 0 fully saturated rings. The second-order valence-corrected chi connectivity index (χ2v) is 6.62. The highest BCUT2D eigenvalue weighted by Crippen LogP contribution is 2.32. The van der Waals surface area contributed by atoms with Gasteiger partial charge in [0.05, 0.1) is 23.5 Å². The molecule has 0 aliphatic heterocycles. The van der Waals surface area contributed by atoms with Gasteiger partial charge in [0.1, 0.15) is 11.4 Å². The number of methoxy groups -OCH3 is 1. The van der Waals surface area contributed by atoms with Gasteiger partial charge in [-0.25, -0.2) is 4.98 Å². The Kier molecular flexibility index (Phi) is 3.78. The standard InChI is InChI=1S/C19H17N3OS/c1-13-19(22-10-4-3-5-17(22)21-13)14-11-18(20-12-14)24-16-8-6-15(23-2)7-9-16/h3-12,20H,1-2H3. The van der Waals surface area contributed by atoms with Crippen molar-refractivity contribution >= 4 is 17.4 Å². The van der Waals surface area contributed by atoms with Crippen molar-refractivity contribution in [2.24, 2.45) is 0 Å². The number of nitrogens with zero attached hydrogens (tertiary/aromatic N) is 2. The molecule has 1 aromatic carbocycles.